The van der Waals surface area contributed by atoms with E-state index in [0.717, 1.165) is 44.8 Å². The second-order valence-electron chi connectivity index (χ2n) is 5.29. The van der Waals surface area contributed by atoms with Gasteiger partial charge < -0.3 is 14.5 Å². The van der Waals surface area contributed by atoms with E-state index in [1.54, 1.807) is 7.11 Å². The first-order chi connectivity index (χ1) is 10.1. The van der Waals surface area contributed by atoms with Crippen molar-refractivity contribution in [3.8, 4) is 5.88 Å². The van der Waals surface area contributed by atoms with Crippen LogP contribution in [0.5, 0.6) is 5.88 Å². The van der Waals surface area contributed by atoms with Crippen LogP contribution in [-0.2, 0) is 4.79 Å². The largest absolute Gasteiger partial charge is 0.481 e. The molecule has 1 aromatic rings. The zero-order valence-corrected chi connectivity index (χ0v) is 13.1. The number of hydrogen-bond donors (Lipinski definition) is 0. The maximum atomic E-state index is 12.0. The van der Waals surface area contributed by atoms with Gasteiger partial charge >= 0.3 is 0 Å². The summed E-state index contributed by atoms with van der Waals surface area (Å²) in [5, 5.41) is 0. The van der Waals surface area contributed by atoms with Crippen LogP contribution in [-0.4, -0.2) is 54.1 Å². The average Bonchev–Trinajstić information content (AvgIpc) is 2.52. The molecule has 0 atom stereocenters. The van der Waals surface area contributed by atoms with Crippen LogP contribution in [0.25, 0.3) is 0 Å². The van der Waals surface area contributed by atoms with Gasteiger partial charge in [0.1, 0.15) is 11.6 Å². The van der Waals surface area contributed by atoms with E-state index in [-0.39, 0.29) is 5.91 Å². The van der Waals surface area contributed by atoms with Crippen LogP contribution in [0.2, 0.25) is 0 Å². The highest BCUT2D eigenvalue weighted by Gasteiger charge is 2.22. The standard InChI is InChI=1S/C15H24N4O2/c1-4-5-6-15(20)19-9-7-18(8-10-19)13-11-14(21-3)17-12(2)16-13/h11H,4-10H2,1-3H3. The van der Waals surface area contributed by atoms with E-state index in [1.165, 1.54) is 0 Å². The third-order valence-corrected chi connectivity index (χ3v) is 3.71. The number of rotatable bonds is 5. The summed E-state index contributed by atoms with van der Waals surface area (Å²) in [4.78, 5) is 24.8. The maximum absolute atomic E-state index is 12.0. The van der Waals surface area contributed by atoms with Crippen molar-refractivity contribution in [3.63, 3.8) is 0 Å². The van der Waals surface area contributed by atoms with E-state index in [9.17, 15) is 4.79 Å². The fourth-order valence-corrected chi connectivity index (χ4v) is 2.46. The number of carbonyl (C=O) groups excluding carboxylic acids is 1. The lowest BCUT2D eigenvalue weighted by atomic mass is 10.2. The van der Waals surface area contributed by atoms with Crippen molar-refractivity contribution >= 4 is 11.7 Å². The molecule has 0 spiro atoms. The van der Waals surface area contributed by atoms with Crippen molar-refractivity contribution in [2.24, 2.45) is 0 Å². The molecule has 6 heteroatoms. The smallest absolute Gasteiger partial charge is 0.222 e. The van der Waals surface area contributed by atoms with Crippen LogP contribution in [0.3, 0.4) is 0 Å². The van der Waals surface area contributed by atoms with Gasteiger partial charge in [0, 0.05) is 38.7 Å². The lowest BCUT2D eigenvalue weighted by Crippen LogP contribution is -2.49. The van der Waals surface area contributed by atoms with Crippen LogP contribution in [0.1, 0.15) is 32.0 Å². The Morgan fingerprint density at radius 1 is 1.29 bits per heavy atom. The molecule has 0 N–H and O–H groups in total. The van der Waals surface area contributed by atoms with Crippen LogP contribution in [0, 0.1) is 6.92 Å². The molecule has 0 saturated carbocycles. The Kier molecular flexibility index (Phi) is 5.36. The van der Waals surface area contributed by atoms with Crippen molar-refractivity contribution in [1.29, 1.82) is 0 Å². The van der Waals surface area contributed by atoms with Gasteiger partial charge in [-0.05, 0) is 13.3 Å². The van der Waals surface area contributed by atoms with Crippen LogP contribution >= 0.6 is 0 Å². The second-order valence-corrected chi connectivity index (χ2v) is 5.29. The second kappa shape index (κ2) is 7.24. The number of aryl methyl sites for hydroxylation is 1. The number of unbranched alkanes of at least 4 members (excludes halogenated alkanes) is 1. The van der Waals surface area contributed by atoms with E-state index >= 15 is 0 Å². The fourth-order valence-electron chi connectivity index (χ4n) is 2.46. The van der Waals surface area contributed by atoms with Gasteiger partial charge in [-0.3, -0.25) is 4.79 Å². The molecule has 1 aromatic heterocycles. The van der Waals surface area contributed by atoms with Crippen molar-refractivity contribution in [3.05, 3.63) is 11.9 Å². The third kappa shape index (κ3) is 4.06. The van der Waals surface area contributed by atoms with Crippen molar-refractivity contribution in [2.75, 3.05) is 38.2 Å². The summed E-state index contributed by atoms with van der Waals surface area (Å²) in [6, 6.07) is 1.85. The minimum Gasteiger partial charge on any atom is -0.481 e. The maximum Gasteiger partial charge on any atom is 0.222 e. The molecular weight excluding hydrogens is 268 g/mol. The molecule has 0 bridgehead atoms. The molecule has 1 fully saturated rings. The Bertz CT molecular complexity index is 485. The molecule has 1 amide bonds. The number of piperazine rings is 1. The van der Waals surface area contributed by atoms with E-state index in [4.69, 9.17) is 4.74 Å². The summed E-state index contributed by atoms with van der Waals surface area (Å²) >= 11 is 0. The van der Waals surface area contributed by atoms with Crippen LogP contribution in [0.15, 0.2) is 6.07 Å². The Balaban J connectivity index is 1.94. The number of methoxy groups -OCH3 is 1. The van der Waals surface area contributed by atoms with Gasteiger partial charge in [-0.1, -0.05) is 13.3 Å². The summed E-state index contributed by atoms with van der Waals surface area (Å²) in [6.45, 7) is 7.09. The normalized spacial score (nSPS) is 15.2. The zero-order chi connectivity index (χ0) is 15.2. The van der Waals surface area contributed by atoms with Crippen LogP contribution < -0.4 is 9.64 Å². The van der Waals surface area contributed by atoms with Gasteiger partial charge in [-0.2, -0.15) is 4.98 Å². The van der Waals surface area contributed by atoms with Gasteiger partial charge in [0.15, 0.2) is 0 Å². The number of ether oxygens (including phenoxy) is 1. The number of aromatic nitrogens is 2. The lowest BCUT2D eigenvalue weighted by molar-refractivity contribution is -0.131. The molecule has 0 aromatic carbocycles. The van der Waals surface area contributed by atoms with Gasteiger partial charge in [-0.25, -0.2) is 4.98 Å². The van der Waals surface area contributed by atoms with E-state index in [2.05, 4.69) is 21.8 Å². The Morgan fingerprint density at radius 2 is 2.00 bits per heavy atom. The number of carbonyl (C=O) groups is 1. The highest BCUT2D eigenvalue weighted by atomic mass is 16.5. The summed E-state index contributed by atoms with van der Waals surface area (Å²) < 4.78 is 5.19. The van der Waals surface area contributed by atoms with Gasteiger partial charge in [-0.15, -0.1) is 0 Å². The first kappa shape index (κ1) is 15.5. The summed E-state index contributed by atoms with van der Waals surface area (Å²) in [5.74, 6) is 2.43. The SMILES string of the molecule is CCCCC(=O)N1CCN(c2cc(OC)nc(C)n2)CC1. The molecule has 1 saturated heterocycles. The molecule has 2 heterocycles. The van der Waals surface area contributed by atoms with Crippen molar-refractivity contribution < 1.29 is 9.53 Å². The average molecular weight is 292 g/mol. The first-order valence-electron chi connectivity index (χ1n) is 7.56. The molecule has 2 rings (SSSR count). The van der Waals surface area contributed by atoms with Crippen molar-refractivity contribution in [2.45, 2.75) is 33.1 Å². The molecule has 0 aliphatic carbocycles. The molecule has 0 radical (unpaired) electrons. The summed E-state index contributed by atoms with van der Waals surface area (Å²) in [5.41, 5.74) is 0. The summed E-state index contributed by atoms with van der Waals surface area (Å²) in [6.07, 6.45) is 2.70. The molecular formula is C15H24N4O2. The zero-order valence-electron chi connectivity index (χ0n) is 13.1. The van der Waals surface area contributed by atoms with E-state index in [1.807, 2.05) is 17.9 Å². The lowest BCUT2D eigenvalue weighted by Gasteiger charge is -2.35. The third-order valence-electron chi connectivity index (χ3n) is 3.71. The topological polar surface area (TPSA) is 58.6 Å². The predicted octanol–water partition coefficient (Wildman–Crippen LogP) is 1.63. The predicted molar refractivity (Wildman–Crippen MR) is 81.6 cm³/mol. The number of anilines is 1. The first-order valence-corrected chi connectivity index (χ1v) is 7.56. The molecule has 0 unspecified atom stereocenters. The van der Waals surface area contributed by atoms with Crippen molar-refractivity contribution in [1.82, 2.24) is 14.9 Å². The number of hydrogen-bond acceptors (Lipinski definition) is 5. The molecule has 21 heavy (non-hydrogen) atoms. The minimum absolute atomic E-state index is 0.271. The molecule has 1 aliphatic rings. The van der Waals surface area contributed by atoms with E-state index in [0.29, 0.717) is 18.1 Å². The number of amides is 1. The monoisotopic (exact) mass is 292 g/mol. The molecule has 1 aliphatic heterocycles. The minimum atomic E-state index is 0.271. The van der Waals surface area contributed by atoms with Gasteiger partial charge in [0.25, 0.3) is 0 Å². The molecule has 6 nitrogen and oxygen atoms in total. The van der Waals surface area contributed by atoms with Gasteiger partial charge in [0.05, 0.1) is 7.11 Å². The van der Waals surface area contributed by atoms with Gasteiger partial charge in [0.2, 0.25) is 11.8 Å². The number of nitrogens with zero attached hydrogens (tertiary/aromatic N) is 4. The highest BCUT2D eigenvalue weighted by molar-refractivity contribution is 5.76. The van der Waals surface area contributed by atoms with E-state index < -0.39 is 0 Å². The Labute approximate surface area is 126 Å². The highest BCUT2D eigenvalue weighted by Crippen LogP contribution is 2.19. The summed E-state index contributed by atoms with van der Waals surface area (Å²) in [7, 11) is 1.61. The molecule has 116 valence electrons. The Hall–Kier alpha value is -1.85. The quantitative estimate of drug-likeness (QED) is 0.825. The Morgan fingerprint density at radius 3 is 2.62 bits per heavy atom. The van der Waals surface area contributed by atoms with Crippen LogP contribution in [0.4, 0.5) is 5.82 Å². The fraction of sp³-hybridized carbons (Fsp3) is 0.667.